The largest absolute Gasteiger partial charge is 0.350 e. The third-order valence-electron chi connectivity index (χ3n) is 3.69. The maximum absolute atomic E-state index is 12.2. The van der Waals surface area contributed by atoms with Crippen molar-refractivity contribution in [3.63, 3.8) is 0 Å². The molecule has 1 aromatic rings. The summed E-state index contributed by atoms with van der Waals surface area (Å²) in [7, 11) is 0. The lowest BCUT2D eigenvalue weighted by molar-refractivity contribution is -0.123. The SMILES string of the molecule is CC(NC(=O)c1ccc(Br)s1)C(=O)NC1CNCCC1C.Cl. The molecule has 22 heavy (non-hydrogen) atoms. The Labute approximate surface area is 149 Å². The molecule has 1 aliphatic rings. The molecular formula is C14H21BrClN3O2S. The van der Waals surface area contributed by atoms with E-state index in [1.807, 2.05) is 6.07 Å². The molecule has 2 rings (SSSR count). The molecule has 0 spiro atoms. The minimum Gasteiger partial charge on any atom is -0.350 e. The van der Waals surface area contributed by atoms with Gasteiger partial charge in [0.1, 0.15) is 6.04 Å². The monoisotopic (exact) mass is 409 g/mol. The molecule has 0 bridgehead atoms. The summed E-state index contributed by atoms with van der Waals surface area (Å²) in [6.45, 7) is 5.62. The predicted octanol–water partition coefficient (Wildman–Crippen LogP) is 2.16. The molecule has 2 amide bonds. The van der Waals surface area contributed by atoms with Crippen LogP contribution in [0.4, 0.5) is 0 Å². The number of carbonyl (C=O) groups excluding carboxylic acids is 2. The van der Waals surface area contributed by atoms with E-state index in [4.69, 9.17) is 0 Å². The highest BCUT2D eigenvalue weighted by Crippen LogP contribution is 2.21. The van der Waals surface area contributed by atoms with Crippen molar-refractivity contribution in [3.05, 3.63) is 20.8 Å². The van der Waals surface area contributed by atoms with Crippen LogP contribution >= 0.6 is 39.7 Å². The van der Waals surface area contributed by atoms with E-state index in [2.05, 4.69) is 38.8 Å². The quantitative estimate of drug-likeness (QED) is 0.712. The Morgan fingerprint density at radius 1 is 1.45 bits per heavy atom. The molecule has 8 heteroatoms. The Kier molecular flexibility index (Phi) is 7.82. The highest BCUT2D eigenvalue weighted by atomic mass is 79.9. The molecule has 0 radical (unpaired) electrons. The molecule has 2 heterocycles. The van der Waals surface area contributed by atoms with Gasteiger partial charge >= 0.3 is 0 Å². The van der Waals surface area contributed by atoms with Gasteiger partial charge in [-0.1, -0.05) is 6.92 Å². The maximum atomic E-state index is 12.2. The van der Waals surface area contributed by atoms with Crippen molar-refractivity contribution >= 4 is 51.5 Å². The number of nitrogens with one attached hydrogen (secondary N) is 3. The number of carbonyl (C=O) groups is 2. The molecule has 3 atom stereocenters. The predicted molar refractivity (Wildman–Crippen MR) is 94.8 cm³/mol. The van der Waals surface area contributed by atoms with Gasteiger partial charge in [-0.2, -0.15) is 0 Å². The van der Waals surface area contributed by atoms with E-state index in [9.17, 15) is 9.59 Å². The maximum Gasteiger partial charge on any atom is 0.262 e. The van der Waals surface area contributed by atoms with Gasteiger partial charge in [-0.25, -0.2) is 0 Å². The lowest BCUT2D eigenvalue weighted by Crippen LogP contribution is -2.54. The summed E-state index contributed by atoms with van der Waals surface area (Å²) in [5.74, 6) is 0.0917. The molecule has 5 nitrogen and oxygen atoms in total. The minimum atomic E-state index is -0.549. The Morgan fingerprint density at radius 2 is 2.18 bits per heavy atom. The third-order valence-corrected chi connectivity index (χ3v) is 5.32. The van der Waals surface area contributed by atoms with Crippen molar-refractivity contribution in [2.75, 3.05) is 13.1 Å². The lowest BCUT2D eigenvalue weighted by atomic mass is 9.94. The average molecular weight is 411 g/mol. The van der Waals surface area contributed by atoms with Crippen LogP contribution < -0.4 is 16.0 Å². The standard InChI is InChI=1S/C14H20BrN3O2S.ClH/c1-8-5-6-16-7-10(8)18-13(19)9(2)17-14(20)11-3-4-12(15)21-11;/h3-4,8-10,16H,5-7H2,1-2H3,(H,17,20)(H,18,19);1H. The van der Waals surface area contributed by atoms with Crippen molar-refractivity contribution < 1.29 is 9.59 Å². The molecule has 0 saturated carbocycles. The van der Waals surface area contributed by atoms with Crippen LogP contribution in [0.15, 0.2) is 15.9 Å². The summed E-state index contributed by atoms with van der Waals surface area (Å²) in [6, 6.07) is 3.13. The Morgan fingerprint density at radius 3 is 2.77 bits per heavy atom. The fraction of sp³-hybridized carbons (Fsp3) is 0.571. The van der Waals surface area contributed by atoms with Crippen LogP contribution in [-0.2, 0) is 4.79 Å². The molecule has 1 aliphatic heterocycles. The summed E-state index contributed by atoms with van der Waals surface area (Å²) < 4.78 is 0.895. The van der Waals surface area contributed by atoms with E-state index in [0.717, 1.165) is 23.3 Å². The fourth-order valence-corrected chi connectivity index (χ4v) is 3.55. The van der Waals surface area contributed by atoms with Gasteiger partial charge in [-0.3, -0.25) is 9.59 Å². The minimum absolute atomic E-state index is 0. The number of rotatable bonds is 4. The summed E-state index contributed by atoms with van der Waals surface area (Å²) in [4.78, 5) is 24.8. The smallest absolute Gasteiger partial charge is 0.262 e. The van der Waals surface area contributed by atoms with E-state index in [1.165, 1.54) is 11.3 Å². The zero-order valence-electron chi connectivity index (χ0n) is 12.5. The van der Waals surface area contributed by atoms with E-state index < -0.39 is 6.04 Å². The number of thiophene rings is 1. The summed E-state index contributed by atoms with van der Waals surface area (Å²) in [5.41, 5.74) is 0. The van der Waals surface area contributed by atoms with Crippen LogP contribution in [0.3, 0.4) is 0 Å². The third kappa shape index (κ3) is 5.22. The van der Waals surface area contributed by atoms with Crippen LogP contribution in [0, 0.1) is 5.92 Å². The van der Waals surface area contributed by atoms with E-state index in [-0.39, 0.29) is 30.3 Å². The molecule has 124 valence electrons. The first-order valence-electron chi connectivity index (χ1n) is 7.04. The highest BCUT2D eigenvalue weighted by molar-refractivity contribution is 9.11. The molecule has 3 unspecified atom stereocenters. The molecule has 3 N–H and O–H groups in total. The van der Waals surface area contributed by atoms with Gasteiger partial charge in [0.2, 0.25) is 5.91 Å². The summed E-state index contributed by atoms with van der Waals surface area (Å²) in [5, 5.41) is 9.01. The molecule has 1 saturated heterocycles. The zero-order valence-corrected chi connectivity index (χ0v) is 15.7. The molecule has 0 aromatic carbocycles. The first kappa shape index (κ1) is 19.4. The van der Waals surface area contributed by atoms with Gasteiger partial charge in [0, 0.05) is 12.6 Å². The fourth-order valence-electron chi connectivity index (χ4n) is 2.26. The van der Waals surface area contributed by atoms with E-state index in [1.54, 1.807) is 13.0 Å². The highest BCUT2D eigenvalue weighted by Gasteiger charge is 2.25. The first-order valence-corrected chi connectivity index (χ1v) is 8.65. The average Bonchev–Trinajstić information content (AvgIpc) is 2.88. The second kappa shape index (κ2) is 8.86. The van der Waals surface area contributed by atoms with Crippen LogP contribution in [0.5, 0.6) is 0 Å². The second-order valence-electron chi connectivity index (χ2n) is 5.38. The second-order valence-corrected chi connectivity index (χ2v) is 7.85. The topological polar surface area (TPSA) is 70.2 Å². The molecule has 0 aliphatic carbocycles. The molecular weight excluding hydrogens is 390 g/mol. The van der Waals surface area contributed by atoms with Crippen molar-refractivity contribution in [2.24, 2.45) is 5.92 Å². The Hall–Kier alpha value is -0.630. The van der Waals surface area contributed by atoms with Gasteiger partial charge < -0.3 is 16.0 Å². The number of hydrogen-bond donors (Lipinski definition) is 3. The summed E-state index contributed by atoms with van der Waals surface area (Å²) >= 11 is 4.67. The van der Waals surface area contributed by atoms with Crippen LogP contribution in [-0.4, -0.2) is 37.0 Å². The molecule has 1 fully saturated rings. The number of amides is 2. The van der Waals surface area contributed by atoms with Crippen LogP contribution in [0.25, 0.3) is 0 Å². The van der Waals surface area contributed by atoms with Gasteiger partial charge in [-0.15, -0.1) is 23.7 Å². The Balaban J connectivity index is 0.00000242. The van der Waals surface area contributed by atoms with E-state index in [0.29, 0.717) is 10.8 Å². The number of halogens is 2. The summed E-state index contributed by atoms with van der Waals surface area (Å²) in [6.07, 6.45) is 1.05. The van der Waals surface area contributed by atoms with Crippen molar-refractivity contribution in [2.45, 2.75) is 32.4 Å². The number of hydrogen-bond acceptors (Lipinski definition) is 4. The molecule has 1 aromatic heterocycles. The van der Waals surface area contributed by atoms with Gasteiger partial charge in [0.05, 0.1) is 8.66 Å². The van der Waals surface area contributed by atoms with E-state index >= 15 is 0 Å². The normalized spacial score (nSPS) is 22.3. The first-order chi connectivity index (χ1) is 9.97. The Bertz CT molecular complexity index is 526. The zero-order chi connectivity index (χ0) is 15.4. The van der Waals surface area contributed by atoms with Crippen molar-refractivity contribution in [1.82, 2.24) is 16.0 Å². The van der Waals surface area contributed by atoms with Crippen molar-refractivity contribution in [3.8, 4) is 0 Å². The lowest BCUT2D eigenvalue weighted by Gasteiger charge is -2.31. The number of piperidine rings is 1. The van der Waals surface area contributed by atoms with Crippen molar-refractivity contribution in [1.29, 1.82) is 0 Å². The van der Waals surface area contributed by atoms with Crippen LogP contribution in [0.2, 0.25) is 0 Å². The van der Waals surface area contributed by atoms with Crippen LogP contribution in [0.1, 0.15) is 29.9 Å². The van der Waals surface area contributed by atoms with Gasteiger partial charge in [-0.05, 0) is 53.9 Å². The van der Waals surface area contributed by atoms with Gasteiger partial charge in [0.15, 0.2) is 0 Å². The van der Waals surface area contributed by atoms with Gasteiger partial charge in [0.25, 0.3) is 5.91 Å².